The van der Waals surface area contributed by atoms with Crippen molar-refractivity contribution in [2.45, 2.75) is 57.6 Å². The Morgan fingerprint density at radius 3 is 2.50 bits per heavy atom. The lowest BCUT2D eigenvalue weighted by molar-refractivity contribution is 0.0499. The maximum atomic E-state index is 12.8. The lowest BCUT2D eigenvalue weighted by Gasteiger charge is -2.28. The first kappa shape index (κ1) is 20.3. The van der Waals surface area contributed by atoms with Gasteiger partial charge in [-0.15, -0.1) is 0 Å². The van der Waals surface area contributed by atoms with Crippen molar-refractivity contribution in [1.82, 2.24) is 24.8 Å². The van der Waals surface area contributed by atoms with Crippen LogP contribution in [0.3, 0.4) is 0 Å². The molecule has 152 valence electrons. The summed E-state index contributed by atoms with van der Waals surface area (Å²) < 4.78 is 27.3. The van der Waals surface area contributed by atoms with Gasteiger partial charge in [-0.3, -0.25) is 4.79 Å². The van der Waals surface area contributed by atoms with Crippen LogP contribution >= 0.6 is 0 Å². The van der Waals surface area contributed by atoms with Crippen LogP contribution in [0.5, 0.6) is 0 Å². The van der Waals surface area contributed by atoms with Crippen molar-refractivity contribution in [2.75, 3.05) is 0 Å². The molecule has 0 spiro atoms. The molecule has 2 aromatic rings. The van der Waals surface area contributed by atoms with Crippen molar-refractivity contribution in [1.29, 1.82) is 0 Å². The number of aliphatic hydroxyl groups is 1. The smallest absolute Gasteiger partial charge is 0.270 e. The number of nitrogens with one attached hydrogen (secondary N) is 1. The highest BCUT2D eigenvalue weighted by atomic mass is 19.3. The third kappa shape index (κ3) is 4.52. The Morgan fingerprint density at radius 1 is 1.29 bits per heavy atom. The van der Waals surface area contributed by atoms with Gasteiger partial charge in [0.15, 0.2) is 5.82 Å². The van der Waals surface area contributed by atoms with Crippen LogP contribution in [0, 0.1) is 5.92 Å². The summed E-state index contributed by atoms with van der Waals surface area (Å²) in [7, 11) is 1.78. The molecule has 0 unspecified atom stereocenters. The average Bonchev–Trinajstić information content (AvgIpc) is 3.07. The quantitative estimate of drug-likeness (QED) is 0.815. The molecule has 1 fully saturated rings. The molecule has 1 amide bonds. The summed E-state index contributed by atoms with van der Waals surface area (Å²) in [5, 5.41) is 13.3. The highest BCUT2D eigenvalue weighted by Crippen LogP contribution is 2.29. The number of nitrogens with zero attached hydrogens (tertiary/aromatic N) is 4. The van der Waals surface area contributed by atoms with Crippen LogP contribution in [0.2, 0.25) is 0 Å². The summed E-state index contributed by atoms with van der Waals surface area (Å²) in [6.45, 7) is 3.16. The van der Waals surface area contributed by atoms with Gasteiger partial charge in [0, 0.05) is 19.0 Å². The van der Waals surface area contributed by atoms with Crippen LogP contribution in [0.4, 0.5) is 8.78 Å². The van der Waals surface area contributed by atoms with Gasteiger partial charge in [-0.2, -0.15) is 0 Å². The summed E-state index contributed by atoms with van der Waals surface area (Å²) >= 11 is 0. The van der Waals surface area contributed by atoms with Crippen molar-refractivity contribution in [2.24, 2.45) is 13.0 Å². The lowest BCUT2D eigenvalue weighted by atomic mass is 9.86. The van der Waals surface area contributed by atoms with E-state index in [1.54, 1.807) is 38.0 Å². The number of halogens is 2. The van der Waals surface area contributed by atoms with Gasteiger partial charge in [0.25, 0.3) is 5.91 Å². The second-order valence-corrected chi connectivity index (χ2v) is 7.83. The van der Waals surface area contributed by atoms with Gasteiger partial charge >= 0.3 is 0 Å². The van der Waals surface area contributed by atoms with E-state index in [0.29, 0.717) is 37.1 Å². The van der Waals surface area contributed by atoms with Crippen molar-refractivity contribution < 1.29 is 18.7 Å². The topological polar surface area (TPSA) is 92.9 Å². The van der Waals surface area contributed by atoms with E-state index >= 15 is 0 Å². The molecule has 2 aromatic heterocycles. The van der Waals surface area contributed by atoms with Gasteiger partial charge in [0.05, 0.1) is 18.2 Å². The molecule has 2 heterocycles. The Hall–Kier alpha value is -2.42. The number of imidazole rings is 1. The molecule has 0 radical (unpaired) electrons. The van der Waals surface area contributed by atoms with Gasteiger partial charge < -0.3 is 15.0 Å². The number of hydrogen-bond donors (Lipinski definition) is 2. The van der Waals surface area contributed by atoms with Crippen LogP contribution in [-0.2, 0) is 12.6 Å². The largest absolute Gasteiger partial charge is 0.384 e. The minimum Gasteiger partial charge on any atom is -0.384 e. The molecular formula is C19H25F2N5O2. The van der Waals surface area contributed by atoms with Crippen LogP contribution in [0.25, 0.3) is 11.5 Å². The number of hydrogen-bond acceptors (Lipinski definition) is 5. The van der Waals surface area contributed by atoms with Crippen molar-refractivity contribution in [3.05, 3.63) is 30.0 Å². The van der Waals surface area contributed by atoms with Crippen LogP contribution < -0.4 is 5.32 Å². The standard InChI is InChI=1S/C19H25F2N5O2/c1-19(2,28)15-8-13(24-17(25-15)14-9-22-10-26(14)3)18(27)23-12-6-4-11(5-7-12)16(20)21/h8-12,16,28H,4-7H2,1-3H3,(H,23,27). The van der Waals surface area contributed by atoms with Crippen LogP contribution in [0.15, 0.2) is 18.6 Å². The average molecular weight is 393 g/mol. The molecular weight excluding hydrogens is 368 g/mol. The van der Waals surface area contributed by atoms with E-state index in [1.165, 1.54) is 6.07 Å². The van der Waals surface area contributed by atoms with Gasteiger partial charge in [0.1, 0.15) is 17.0 Å². The molecule has 0 saturated heterocycles. The van der Waals surface area contributed by atoms with E-state index < -0.39 is 23.9 Å². The molecule has 0 aliphatic heterocycles. The van der Waals surface area contributed by atoms with Gasteiger partial charge in [-0.05, 0) is 45.6 Å². The van der Waals surface area contributed by atoms with E-state index in [9.17, 15) is 18.7 Å². The maximum absolute atomic E-state index is 12.8. The Balaban J connectivity index is 1.82. The number of aromatic nitrogens is 4. The number of rotatable bonds is 5. The minimum absolute atomic E-state index is 0.124. The lowest BCUT2D eigenvalue weighted by Crippen LogP contribution is -2.39. The number of aryl methyl sites for hydroxylation is 1. The van der Waals surface area contributed by atoms with E-state index in [0.717, 1.165) is 0 Å². The molecule has 0 aromatic carbocycles. The Morgan fingerprint density at radius 2 is 1.96 bits per heavy atom. The molecule has 0 atom stereocenters. The molecule has 28 heavy (non-hydrogen) atoms. The fraction of sp³-hybridized carbons (Fsp3) is 0.579. The normalized spacial score (nSPS) is 20.4. The summed E-state index contributed by atoms with van der Waals surface area (Å²) in [5.41, 5.74) is -0.220. The van der Waals surface area contributed by atoms with Crippen molar-refractivity contribution in [3.63, 3.8) is 0 Å². The maximum Gasteiger partial charge on any atom is 0.270 e. The van der Waals surface area contributed by atoms with Gasteiger partial charge in [-0.25, -0.2) is 23.7 Å². The third-order valence-electron chi connectivity index (χ3n) is 5.09. The zero-order valence-electron chi connectivity index (χ0n) is 16.2. The van der Waals surface area contributed by atoms with Gasteiger partial charge in [-0.1, -0.05) is 0 Å². The Labute approximate surface area is 162 Å². The van der Waals surface area contributed by atoms with Crippen molar-refractivity contribution in [3.8, 4) is 11.5 Å². The Bertz CT molecular complexity index is 839. The predicted molar refractivity (Wildman–Crippen MR) is 98.7 cm³/mol. The zero-order chi connectivity index (χ0) is 20.5. The highest BCUT2D eigenvalue weighted by Gasteiger charge is 2.29. The first-order valence-corrected chi connectivity index (χ1v) is 9.33. The molecule has 0 bridgehead atoms. The highest BCUT2D eigenvalue weighted by molar-refractivity contribution is 5.93. The number of alkyl halides is 2. The fourth-order valence-electron chi connectivity index (χ4n) is 3.34. The number of amides is 1. The summed E-state index contributed by atoms with van der Waals surface area (Å²) in [4.78, 5) is 25.5. The number of carbonyl (C=O) groups excluding carboxylic acids is 1. The zero-order valence-corrected chi connectivity index (χ0v) is 16.2. The molecule has 9 heteroatoms. The minimum atomic E-state index is -2.31. The third-order valence-corrected chi connectivity index (χ3v) is 5.09. The fourth-order valence-corrected chi connectivity index (χ4v) is 3.34. The van der Waals surface area contributed by atoms with Crippen LogP contribution in [-0.4, -0.2) is 43.0 Å². The second kappa shape index (κ2) is 7.90. The monoisotopic (exact) mass is 393 g/mol. The first-order valence-electron chi connectivity index (χ1n) is 9.33. The molecule has 1 saturated carbocycles. The predicted octanol–water partition coefficient (Wildman–Crippen LogP) is 2.66. The van der Waals surface area contributed by atoms with E-state index in [4.69, 9.17) is 0 Å². The van der Waals surface area contributed by atoms with Crippen LogP contribution in [0.1, 0.15) is 55.7 Å². The molecule has 2 N–H and O–H groups in total. The molecule has 3 rings (SSSR count). The van der Waals surface area contributed by atoms with E-state index in [-0.39, 0.29) is 17.6 Å². The Kier molecular flexibility index (Phi) is 5.74. The molecule has 1 aliphatic rings. The van der Waals surface area contributed by atoms with E-state index in [1.807, 2.05) is 0 Å². The second-order valence-electron chi connectivity index (χ2n) is 7.83. The summed E-state index contributed by atoms with van der Waals surface area (Å²) in [6, 6.07) is 1.29. The molecule has 7 nitrogen and oxygen atoms in total. The summed E-state index contributed by atoms with van der Waals surface area (Å²) in [5.74, 6) is -0.714. The van der Waals surface area contributed by atoms with Crippen molar-refractivity contribution >= 4 is 5.91 Å². The summed E-state index contributed by atoms with van der Waals surface area (Å²) in [6.07, 6.45) is 2.67. The SMILES string of the molecule is Cn1cncc1-c1nc(C(=O)NC2CCC(C(F)F)CC2)cc(C(C)(C)O)n1. The van der Waals surface area contributed by atoms with Gasteiger partial charge in [0.2, 0.25) is 6.43 Å². The molecule has 1 aliphatic carbocycles. The first-order chi connectivity index (χ1) is 13.1. The number of carbonyl (C=O) groups is 1. The van der Waals surface area contributed by atoms with E-state index in [2.05, 4.69) is 20.3 Å².